The van der Waals surface area contributed by atoms with Crippen LogP contribution in [0.3, 0.4) is 0 Å². The minimum absolute atomic E-state index is 0.362. The van der Waals surface area contributed by atoms with Gasteiger partial charge in [0, 0.05) is 32.6 Å². The predicted molar refractivity (Wildman–Crippen MR) is 63.2 cm³/mol. The lowest BCUT2D eigenvalue weighted by atomic mass is 10.2. The fourth-order valence-corrected chi connectivity index (χ4v) is 1.26. The first kappa shape index (κ1) is 11.9. The molecule has 0 fully saturated rings. The molecule has 4 heteroatoms. The molecule has 0 saturated heterocycles. The van der Waals surface area contributed by atoms with Crippen molar-refractivity contribution in [3.05, 3.63) is 17.6 Å². The summed E-state index contributed by atoms with van der Waals surface area (Å²) in [6.07, 6.45) is 0. The molecule has 0 amide bonds. The van der Waals surface area contributed by atoms with Gasteiger partial charge >= 0.3 is 0 Å². The maximum Gasteiger partial charge on any atom is 0.133 e. The molecule has 0 aliphatic heterocycles. The molecule has 1 rings (SSSR count). The van der Waals surface area contributed by atoms with Gasteiger partial charge in [0.05, 0.1) is 5.69 Å². The van der Waals surface area contributed by atoms with Crippen LogP contribution in [0.1, 0.15) is 31.3 Å². The van der Waals surface area contributed by atoms with Crippen LogP contribution in [0.2, 0.25) is 0 Å². The Balaban J connectivity index is 3.08. The summed E-state index contributed by atoms with van der Waals surface area (Å²) in [5, 5.41) is 3.11. The van der Waals surface area contributed by atoms with Crippen LogP contribution in [0.25, 0.3) is 0 Å². The zero-order chi connectivity index (χ0) is 11.4. The third kappa shape index (κ3) is 3.16. The Morgan fingerprint density at radius 2 is 2.00 bits per heavy atom. The molecule has 0 saturated carbocycles. The minimum Gasteiger partial charge on any atom is -0.363 e. The minimum atomic E-state index is 0.362. The van der Waals surface area contributed by atoms with E-state index in [1.54, 1.807) is 0 Å². The Morgan fingerprint density at radius 1 is 1.33 bits per heavy atom. The van der Waals surface area contributed by atoms with Crippen LogP contribution in [-0.4, -0.2) is 31.1 Å². The van der Waals surface area contributed by atoms with Crippen molar-refractivity contribution in [3.63, 3.8) is 0 Å². The number of hydrogen-bond acceptors (Lipinski definition) is 4. The average molecular weight is 208 g/mol. The maximum absolute atomic E-state index is 4.50. The van der Waals surface area contributed by atoms with Crippen LogP contribution in [0.4, 0.5) is 5.82 Å². The molecule has 4 nitrogen and oxygen atoms in total. The summed E-state index contributed by atoms with van der Waals surface area (Å²) < 4.78 is 0. The van der Waals surface area contributed by atoms with Gasteiger partial charge < -0.3 is 10.2 Å². The van der Waals surface area contributed by atoms with Crippen molar-refractivity contribution in [2.45, 2.75) is 26.3 Å². The molecule has 0 bridgehead atoms. The molecule has 0 aliphatic rings. The Labute approximate surface area is 91.7 Å². The van der Waals surface area contributed by atoms with E-state index in [4.69, 9.17) is 0 Å². The number of anilines is 1. The van der Waals surface area contributed by atoms with Gasteiger partial charge in [-0.15, -0.1) is 0 Å². The zero-order valence-electron chi connectivity index (χ0n) is 10.2. The van der Waals surface area contributed by atoms with Gasteiger partial charge in [0.1, 0.15) is 11.6 Å². The zero-order valence-corrected chi connectivity index (χ0v) is 10.2. The van der Waals surface area contributed by atoms with Crippen LogP contribution in [0.5, 0.6) is 0 Å². The summed E-state index contributed by atoms with van der Waals surface area (Å²) in [7, 11) is 5.91. The second kappa shape index (κ2) is 5.07. The van der Waals surface area contributed by atoms with Crippen molar-refractivity contribution < 1.29 is 0 Å². The largest absolute Gasteiger partial charge is 0.363 e. The highest BCUT2D eigenvalue weighted by molar-refractivity contribution is 5.38. The highest BCUT2D eigenvalue weighted by Gasteiger charge is 2.08. The first-order valence-corrected chi connectivity index (χ1v) is 5.24. The molecule has 0 aromatic carbocycles. The third-order valence-corrected chi connectivity index (χ3v) is 2.12. The van der Waals surface area contributed by atoms with E-state index < -0.39 is 0 Å². The first-order valence-electron chi connectivity index (χ1n) is 5.24. The van der Waals surface area contributed by atoms with E-state index in [0.29, 0.717) is 5.92 Å². The van der Waals surface area contributed by atoms with Crippen molar-refractivity contribution in [2.75, 3.05) is 26.0 Å². The van der Waals surface area contributed by atoms with E-state index in [9.17, 15) is 0 Å². The molecule has 0 aliphatic carbocycles. The normalized spacial score (nSPS) is 10.8. The smallest absolute Gasteiger partial charge is 0.133 e. The van der Waals surface area contributed by atoms with E-state index in [-0.39, 0.29) is 0 Å². The molecular weight excluding hydrogens is 188 g/mol. The van der Waals surface area contributed by atoms with Gasteiger partial charge in [-0.1, -0.05) is 13.8 Å². The lowest BCUT2D eigenvalue weighted by Gasteiger charge is -2.15. The van der Waals surface area contributed by atoms with E-state index >= 15 is 0 Å². The standard InChI is InChI=1S/C11H20N4/c1-8(2)11-13-9(7-12-3)6-10(14-11)15(4)5/h6,8,12H,7H2,1-5H3. The predicted octanol–water partition coefficient (Wildman–Crippen LogP) is 1.39. The van der Waals surface area contributed by atoms with Crippen LogP contribution < -0.4 is 10.2 Å². The van der Waals surface area contributed by atoms with Gasteiger partial charge in [-0.05, 0) is 7.05 Å². The first-order chi connectivity index (χ1) is 7.04. The highest BCUT2D eigenvalue weighted by Crippen LogP contribution is 2.15. The summed E-state index contributed by atoms with van der Waals surface area (Å²) in [5.74, 6) is 2.24. The molecule has 1 aromatic heterocycles. The van der Waals surface area contributed by atoms with Crippen molar-refractivity contribution in [3.8, 4) is 0 Å². The van der Waals surface area contributed by atoms with Crippen molar-refractivity contribution in [2.24, 2.45) is 0 Å². The van der Waals surface area contributed by atoms with E-state index in [0.717, 1.165) is 23.9 Å². The number of nitrogens with one attached hydrogen (secondary N) is 1. The maximum atomic E-state index is 4.50. The number of hydrogen-bond donors (Lipinski definition) is 1. The van der Waals surface area contributed by atoms with Crippen molar-refractivity contribution in [1.29, 1.82) is 0 Å². The van der Waals surface area contributed by atoms with Crippen molar-refractivity contribution in [1.82, 2.24) is 15.3 Å². The fraction of sp³-hybridized carbons (Fsp3) is 0.636. The monoisotopic (exact) mass is 208 g/mol. The summed E-state index contributed by atoms with van der Waals surface area (Å²) in [5.41, 5.74) is 1.04. The molecular formula is C11H20N4. The number of nitrogens with zero attached hydrogens (tertiary/aromatic N) is 3. The SMILES string of the molecule is CNCc1cc(N(C)C)nc(C(C)C)n1. The van der Waals surface area contributed by atoms with Crippen molar-refractivity contribution >= 4 is 5.82 Å². The Kier molecular flexibility index (Phi) is 4.03. The Bertz CT molecular complexity index is 294. The van der Waals surface area contributed by atoms with Crippen LogP contribution in [0.15, 0.2) is 6.07 Å². The lowest BCUT2D eigenvalue weighted by molar-refractivity contribution is 0.724. The lowest BCUT2D eigenvalue weighted by Crippen LogP contribution is -2.16. The number of aromatic nitrogens is 2. The van der Waals surface area contributed by atoms with E-state index in [2.05, 4.69) is 29.1 Å². The van der Waals surface area contributed by atoms with E-state index in [1.165, 1.54) is 0 Å². The van der Waals surface area contributed by atoms with Crippen LogP contribution in [0, 0.1) is 0 Å². The molecule has 0 spiro atoms. The second-order valence-electron chi connectivity index (χ2n) is 4.16. The van der Waals surface area contributed by atoms with Gasteiger partial charge in [-0.25, -0.2) is 9.97 Å². The Hall–Kier alpha value is -1.16. The molecule has 1 aromatic rings. The van der Waals surface area contributed by atoms with Gasteiger partial charge in [-0.3, -0.25) is 0 Å². The topological polar surface area (TPSA) is 41.0 Å². The van der Waals surface area contributed by atoms with Crippen LogP contribution in [-0.2, 0) is 6.54 Å². The molecule has 1 heterocycles. The fourth-order valence-electron chi connectivity index (χ4n) is 1.26. The molecule has 0 atom stereocenters. The molecule has 1 N–H and O–H groups in total. The third-order valence-electron chi connectivity index (χ3n) is 2.12. The molecule has 0 unspecified atom stereocenters. The second-order valence-corrected chi connectivity index (χ2v) is 4.16. The molecule has 15 heavy (non-hydrogen) atoms. The van der Waals surface area contributed by atoms with Gasteiger partial charge in [0.15, 0.2) is 0 Å². The summed E-state index contributed by atoms with van der Waals surface area (Å²) in [6, 6.07) is 2.02. The Morgan fingerprint density at radius 3 is 2.47 bits per heavy atom. The highest BCUT2D eigenvalue weighted by atomic mass is 15.2. The van der Waals surface area contributed by atoms with Gasteiger partial charge in [0.25, 0.3) is 0 Å². The van der Waals surface area contributed by atoms with Gasteiger partial charge in [-0.2, -0.15) is 0 Å². The van der Waals surface area contributed by atoms with Gasteiger partial charge in [0.2, 0.25) is 0 Å². The summed E-state index contributed by atoms with van der Waals surface area (Å²) >= 11 is 0. The summed E-state index contributed by atoms with van der Waals surface area (Å²) in [6.45, 7) is 5.00. The summed E-state index contributed by atoms with van der Waals surface area (Å²) in [4.78, 5) is 11.0. The molecule has 84 valence electrons. The van der Waals surface area contributed by atoms with Crippen LogP contribution >= 0.6 is 0 Å². The van der Waals surface area contributed by atoms with E-state index in [1.807, 2.05) is 32.1 Å². The molecule has 0 radical (unpaired) electrons. The number of rotatable bonds is 4. The quantitative estimate of drug-likeness (QED) is 0.811. The average Bonchev–Trinajstić information content (AvgIpc) is 2.17.